The molecule has 2 aromatic rings. The summed E-state index contributed by atoms with van der Waals surface area (Å²) in [5.41, 5.74) is 3.32. The number of aromatic nitrogens is 2. The summed E-state index contributed by atoms with van der Waals surface area (Å²) in [6.45, 7) is 3.19. The van der Waals surface area contributed by atoms with Gasteiger partial charge in [0, 0.05) is 25.3 Å². The molecule has 0 saturated carbocycles. The van der Waals surface area contributed by atoms with E-state index < -0.39 is 35.0 Å². The number of alkyl halides is 1. The van der Waals surface area contributed by atoms with Crippen molar-refractivity contribution in [1.82, 2.24) is 9.55 Å². The smallest absolute Gasteiger partial charge is 0.341 e. The van der Waals surface area contributed by atoms with E-state index in [2.05, 4.69) is 4.98 Å². The summed E-state index contributed by atoms with van der Waals surface area (Å²) in [7, 11) is 0. The highest BCUT2D eigenvalue weighted by molar-refractivity contribution is 5.92. The Bertz CT molecular complexity index is 942. The maximum atomic E-state index is 14.6. The predicted octanol–water partition coefficient (Wildman–Crippen LogP) is 1.48. The number of fused-ring (bicyclic) bond motifs is 1. The molecule has 0 spiro atoms. The number of halogens is 2. The van der Waals surface area contributed by atoms with E-state index in [1.807, 2.05) is 0 Å². The van der Waals surface area contributed by atoms with Crippen molar-refractivity contribution in [3.8, 4) is 0 Å². The normalized spacial score (nSPS) is 17.9. The number of hydrogen-bond acceptors (Lipinski definition) is 5. The zero-order chi connectivity index (χ0) is 19.2. The topological polar surface area (TPSA) is 101 Å². The Morgan fingerprint density at radius 3 is 2.73 bits per heavy atom. The zero-order valence-electron chi connectivity index (χ0n) is 14.5. The number of nitrogens with two attached hydrogens (primary N) is 1. The molecule has 1 aliphatic rings. The number of carboxylic acids is 1. The second-order valence-electron chi connectivity index (χ2n) is 7.15. The predicted molar refractivity (Wildman–Crippen MR) is 93.0 cm³/mol. The lowest BCUT2D eigenvalue weighted by Gasteiger charge is -2.27. The van der Waals surface area contributed by atoms with Crippen LogP contribution in [0.3, 0.4) is 0 Å². The molecule has 0 aromatic carbocycles. The van der Waals surface area contributed by atoms with Crippen LogP contribution in [0.25, 0.3) is 11.0 Å². The number of carbonyl (C=O) groups is 1. The molecule has 9 heteroatoms. The molecule has 3 N–H and O–H groups in total. The van der Waals surface area contributed by atoms with Crippen molar-refractivity contribution >= 4 is 22.8 Å². The standard InChI is InChI=1S/C17H20F2N4O3/c1-17(2,8-18)23-7-11(16(25)26)13(24)10-5-12(19)15(21-14(10)23)22-4-3-9(20)6-22/h5,7,9H,3-4,6,8,20H2,1-2H3,(H,25,26)/t9-/m0/s1. The summed E-state index contributed by atoms with van der Waals surface area (Å²) in [5, 5.41) is 9.07. The number of nitrogens with zero attached hydrogens (tertiary/aromatic N) is 3. The minimum Gasteiger partial charge on any atom is -0.477 e. The molecular weight excluding hydrogens is 346 g/mol. The van der Waals surface area contributed by atoms with Crippen LogP contribution in [0.15, 0.2) is 17.1 Å². The first-order chi connectivity index (χ1) is 12.2. The Hall–Kier alpha value is -2.55. The lowest BCUT2D eigenvalue weighted by Crippen LogP contribution is -2.33. The fraction of sp³-hybridized carbons (Fsp3) is 0.471. The number of rotatable bonds is 4. The van der Waals surface area contributed by atoms with E-state index >= 15 is 0 Å². The van der Waals surface area contributed by atoms with Crippen molar-refractivity contribution in [3.63, 3.8) is 0 Å². The lowest BCUT2D eigenvalue weighted by molar-refractivity contribution is 0.0694. The second kappa shape index (κ2) is 6.31. The van der Waals surface area contributed by atoms with Gasteiger partial charge < -0.3 is 20.3 Å². The SMILES string of the molecule is CC(C)(CF)n1cc(C(=O)O)c(=O)c2cc(F)c(N3CC[C@H](N)C3)nc21. The molecule has 3 heterocycles. The molecule has 0 aliphatic carbocycles. The Morgan fingerprint density at radius 1 is 1.50 bits per heavy atom. The molecule has 1 atom stereocenters. The van der Waals surface area contributed by atoms with Crippen molar-refractivity contribution in [2.24, 2.45) is 5.73 Å². The molecule has 2 aromatic heterocycles. The molecule has 7 nitrogen and oxygen atoms in total. The summed E-state index contributed by atoms with van der Waals surface area (Å²) in [6, 6.07) is 0.868. The Kier molecular flexibility index (Phi) is 4.43. The van der Waals surface area contributed by atoms with Gasteiger partial charge in [0.2, 0.25) is 5.43 Å². The summed E-state index contributed by atoms with van der Waals surface area (Å²) in [5.74, 6) is -2.18. The fourth-order valence-corrected chi connectivity index (χ4v) is 3.09. The number of pyridine rings is 2. The lowest BCUT2D eigenvalue weighted by atomic mass is 10.1. The minimum atomic E-state index is -1.46. The highest BCUT2D eigenvalue weighted by Gasteiger charge is 2.29. The van der Waals surface area contributed by atoms with Crippen molar-refractivity contribution in [3.05, 3.63) is 33.9 Å². The van der Waals surface area contributed by atoms with E-state index in [0.717, 1.165) is 12.3 Å². The summed E-state index contributed by atoms with van der Waals surface area (Å²) in [4.78, 5) is 29.8. The molecule has 0 bridgehead atoms. The molecule has 0 amide bonds. The van der Waals surface area contributed by atoms with Crippen LogP contribution in [0.2, 0.25) is 0 Å². The summed E-state index contributed by atoms with van der Waals surface area (Å²) >= 11 is 0. The first-order valence-electron chi connectivity index (χ1n) is 8.22. The maximum Gasteiger partial charge on any atom is 0.341 e. The van der Waals surface area contributed by atoms with Gasteiger partial charge in [0.25, 0.3) is 0 Å². The van der Waals surface area contributed by atoms with Gasteiger partial charge >= 0.3 is 5.97 Å². The summed E-state index contributed by atoms with van der Waals surface area (Å²) < 4.78 is 29.5. The molecule has 1 fully saturated rings. The average molecular weight is 366 g/mol. The Labute approximate surface area is 148 Å². The van der Waals surface area contributed by atoms with Gasteiger partial charge in [-0.3, -0.25) is 4.79 Å². The van der Waals surface area contributed by atoms with Crippen LogP contribution < -0.4 is 16.1 Å². The monoisotopic (exact) mass is 366 g/mol. The highest BCUT2D eigenvalue weighted by Crippen LogP contribution is 2.27. The minimum absolute atomic E-state index is 0.0244. The van der Waals surface area contributed by atoms with Gasteiger partial charge in [0.1, 0.15) is 17.9 Å². The third-order valence-electron chi connectivity index (χ3n) is 4.65. The van der Waals surface area contributed by atoms with Crippen LogP contribution >= 0.6 is 0 Å². The summed E-state index contributed by atoms with van der Waals surface area (Å²) in [6.07, 6.45) is 1.75. The van der Waals surface area contributed by atoms with E-state index in [9.17, 15) is 23.5 Å². The van der Waals surface area contributed by atoms with Crippen molar-refractivity contribution in [1.29, 1.82) is 0 Å². The van der Waals surface area contributed by atoms with Crippen molar-refractivity contribution in [2.45, 2.75) is 31.8 Å². The molecule has 1 saturated heterocycles. The van der Waals surface area contributed by atoms with Gasteiger partial charge in [-0.25, -0.2) is 18.6 Å². The van der Waals surface area contributed by atoms with Gasteiger partial charge in [0.15, 0.2) is 11.6 Å². The Morgan fingerprint density at radius 2 is 2.19 bits per heavy atom. The largest absolute Gasteiger partial charge is 0.477 e. The molecule has 3 rings (SSSR count). The number of anilines is 1. The fourth-order valence-electron chi connectivity index (χ4n) is 3.09. The van der Waals surface area contributed by atoms with Crippen molar-refractivity contribution < 1.29 is 18.7 Å². The molecular formula is C17H20F2N4O3. The van der Waals surface area contributed by atoms with E-state index in [4.69, 9.17) is 5.73 Å². The van der Waals surface area contributed by atoms with E-state index in [-0.39, 0.29) is 22.9 Å². The van der Waals surface area contributed by atoms with Crippen LogP contribution in [-0.2, 0) is 5.54 Å². The molecule has 0 unspecified atom stereocenters. The van der Waals surface area contributed by atoms with Crippen molar-refractivity contribution in [2.75, 3.05) is 24.7 Å². The van der Waals surface area contributed by atoms with E-state index in [1.54, 1.807) is 18.7 Å². The number of aromatic carboxylic acids is 1. The van der Waals surface area contributed by atoms with Gasteiger partial charge in [-0.1, -0.05) is 0 Å². The maximum absolute atomic E-state index is 14.6. The highest BCUT2D eigenvalue weighted by atomic mass is 19.1. The third kappa shape index (κ3) is 2.92. The molecule has 140 valence electrons. The molecule has 0 radical (unpaired) electrons. The van der Waals surface area contributed by atoms with Crippen LogP contribution in [0.5, 0.6) is 0 Å². The van der Waals surface area contributed by atoms with Gasteiger partial charge in [-0.2, -0.15) is 0 Å². The second-order valence-corrected chi connectivity index (χ2v) is 7.15. The quantitative estimate of drug-likeness (QED) is 0.850. The first-order valence-corrected chi connectivity index (χ1v) is 8.22. The van der Waals surface area contributed by atoms with Crippen LogP contribution in [0, 0.1) is 5.82 Å². The van der Waals surface area contributed by atoms with Crippen LogP contribution in [0.4, 0.5) is 14.6 Å². The average Bonchev–Trinajstić information content (AvgIpc) is 3.00. The Balaban J connectivity index is 2.34. The number of hydrogen-bond donors (Lipinski definition) is 2. The van der Waals surface area contributed by atoms with Crippen LogP contribution in [0.1, 0.15) is 30.6 Å². The van der Waals surface area contributed by atoms with Crippen LogP contribution in [-0.4, -0.2) is 46.4 Å². The van der Waals surface area contributed by atoms with Gasteiger partial charge in [-0.15, -0.1) is 0 Å². The molecule has 1 aliphatic heterocycles. The van der Waals surface area contributed by atoms with Gasteiger partial charge in [0.05, 0.1) is 10.9 Å². The molecule has 26 heavy (non-hydrogen) atoms. The number of carboxylic acid groups (broad SMARTS) is 1. The zero-order valence-corrected chi connectivity index (χ0v) is 14.5. The van der Waals surface area contributed by atoms with E-state index in [0.29, 0.717) is 19.5 Å². The third-order valence-corrected chi connectivity index (χ3v) is 4.65. The first kappa shape index (κ1) is 18.2. The van der Waals surface area contributed by atoms with Gasteiger partial charge in [-0.05, 0) is 26.3 Å². The van der Waals surface area contributed by atoms with E-state index in [1.165, 1.54) is 4.57 Å².